The van der Waals surface area contributed by atoms with Crippen LogP contribution in [-0.4, -0.2) is 17.3 Å². The van der Waals surface area contributed by atoms with Crippen LogP contribution in [0.15, 0.2) is 12.1 Å². The van der Waals surface area contributed by atoms with Gasteiger partial charge in [0.2, 0.25) is 0 Å². The monoisotopic (exact) mass is 323 g/mol. The first kappa shape index (κ1) is 15.0. The van der Waals surface area contributed by atoms with Crippen molar-refractivity contribution in [3.05, 3.63) is 35.1 Å². The average Bonchev–Trinajstić information content (AvgIpc) is 2.26. The number of carbonyl (C=O) groups excluding carboxylic acids is 1. The van der Waals surface area contributed by atoms with Gasteiger partial charge in [0.15, 0.2) is 0 Å². The summed E-state index contributed by atoms with van der Waals surface area (Å²) in [4.78, 5) is 11.7. The lowest BCUT2D eigenvalue weighted by Crippen LogP contribution is -2.35. The van der Waals surface area contributed by atoms with E-state index >= 15 is 0 Å². The third-order valence-corrected chi connectivity index (χ3v) is 2.98. The minimum Gasteiger partial charge on any atom is -0.349 e. The summed E-state index contributed by atoms with van der Waals surface area (Å²) in [6.45, 7) is 1.85. The average molecular weight is 324 g/mol. The lowest BCUT2D eigenvalue weighted by Gasteiger charge is -2.16. The van der Waals surface area contributed by atoms with Crippen molar-refractivity contribution in [1.82, 2.24) is 5.32 Å². The van der Waals surface area contributed by atoms with E-state index in [1.54, 1.807) is 0 Å². The summed E-state index contributed by atoms with van der Waals surface area (Å²) in [6, 6.07) is 0.799. The molecular formula is C12H13BrF3NO. The number of amides is 1. The molecule has 0 aromatic heterocycles. The summed E-state index contributed by atoms with van der Waals surface area (Å²) in [5, 5.41) is 3.18. The van der Waals surface area contributed by atoms with E-state index in [0.29, 0.717) is 30.3 Å². The lowest BCUT2D eigenvalue weighted by atomic mass is 10.1. The summed E-state index contributed by atoms with van der Waals surface area (Å²) in [6.07, 6.45) is 1.29. The van der Waals surface area contributed by atoms with Crippen molar-refractivity contribution in [2.24, 2.45) is 0 Å². The van der Waals surface area contributed by atoms with E-state index in [1.807, 2.05) is 6.92 Å². The van der Waals surface area contributed by atoms with Crippen LogP contribution in [0, 0.1) is 17.5 Å². The van der Waals surface area contributed by atoms with Crippen LogP contribution >= 0.6 is 15.9 Å². The van der Waals surface area contributed by atoms with Crippen molar-refractivity contribution in [1.29, 1.82) is 0 Å². The van der Waals surface area contributed by atoms with Crippen LogP contribution in [0.25, 0.3) is 0 Å². The highest BCUT2D eigenvalue weighted by Gasteiger charge is 2.20. The Kier molecular flexibility index (Phi) is 5.65. The predicted octanol–water partition coefficient (Wildman–Crippen LogP) is 3.40. The van der Waals surface area contributed by atoms with Crippen molar-refractivity contribution >= 4 is 21.8 Å². The Morgan fingerprint density at radius 1 is 1.33 bits per heavy atom. The van der Waals surface area contributed by atoms with Crippen LogP contribution in [0.2, 0.25) is 0 Å². The second kappa shape index (κ2) is 6.78. The Morgan fingerprint density at radius 2 is 1.89 bits per heavy atom. The molecule has 18 heavy (non-hydrogen) atoms. The van der Waals surface area contributed by atoms with Gasteiger partial charge >= 0.3 is 0 Å². The number of hydrogen-bond acceptors (Lipinski definition) is 1. The van der Waals surface area contributed by atoms with Crippen molar-refractivity contribution < 1.29 is 18.0 Å². The van der Waals surface area contributed by atoms with Gasteiger partial charge in [0.1, 0.15) is 23.0 Å². The Bertz CT molecular complexity index is 416. The van der Waals surface area contributed by atoms with Crippen LogP contribution in [0.3, 0.4) is 0 Å². The first-order chi connectivity index (χ1) is 8.49. The van der Waals surface area contributed by atoms with Crippen LogP contribution in [0.5, 0.6) is 0 Å². The molecule has 100 valence electrons. The lowest BCUT2D eigenvalue weighted by molar-refractivity contribution is 0.0926. The molecule has 1 unspecified atom stereocenters. The molecule has 0 aliphatic carbocycles. The van der Waals surface area contributed by atoms with Gasteiger partial charge in [-0.05, 0) is 12.8 Å². The molecular weight excluding hydrogens is 311 g/mol. The van der Waals surface area contributed by atoms with Gasteiger partial charge in [-0.2, -0.15) is 0 Å². The second-order valence-electron chi connectivity index (χ2n) is 3.80. The zero-order valence-electron chi connectivity index (χ0n) is 9.77. The molecule has 1 aromatic carbocycles. The molecule has 0 radical (unpaired) electrons. The third-order valence-electron chi connectivity index (χ3n) is 2.52. The Balaban J connectivity index is 2.90. The molecule has 2 nitrogen and oxygen atoms in total. The van der Waals surface area contributed by atoms with Crippen LogP contribution in [0.4, 0.5) is 13.2 Å². The minimum atomic E-state index is -1.20. The standard InChI is InChI=1S/C12H13BrF3NO/c1-2-8(3-4-13)17-12(18)11-9(15)5-7(14)6-10(11)16/h5-6,8H,2-4H2,1H3,(H,17,18). The van der Waals surface area contributed by atoms with Gasteiger partial charge in [0.05, 0.1) is 0 Å². The molecule has 0 aliphatic heterocycles. The molecule has 1 amide bonds. The fraction of sp³-hybridized carbons (Fsp3) is 0.417. The van der Waals surface area contributed by atoms with E-state index in [1.165, 1.54) is 0 Å². The molecule has 0 fully saturated rings. The van der Waals surface area contributed by atoms with E-state index in [0.717, 1.165) is 0 Å². The largest absolute Gasteiger partial charge is 0.349 e. The highest BCUT2D eigenvalue weighted by Crippen LogP contribution is 2.15. The summed E-state index contributed by atoms with van der Waals surface area (Å²) in [5.41, 5.74) is -0.746. The zero-order valence-corrected chi connectivity index (χ0v) is 11.4. The molecule has 0 heterocycles. The van der Waals surface area contributed by atoms with E-state index in [9.17, 15) is 18.0 Å². The maximum absolute atomic E-state index is 13.4. The summed E-state index contributed by atoms with van der Waals surface area (Å²) in [7, 11) is 0. The molecule has 1 atom stereocenters. The van der Waals surface area contributed by atoms with Gasteiger partial charge in [-0.25, -0.2) is 13.2 Å². The highest BCUT2D eigenvalue weighted by atomic mass is 79.9. The Labute approximate surface area is 112 Å². The van der Waals surface area contributed by atoms with Gasteiger partial charge in [0.25, 0.3) is 5.91 Å². The number of carbonyl (C=O) groups is 1. The van der Waals surface area contributed by atoms with Crippen LogP contribution in [0.1, 0.15) is 30.1 Å². The second-order valence-corrected chi connectivity index (χ2v) is 4.59. The topological polar surface area (TPSA) is 29.1 Å². The smallest absolute Gasteiger partial charge is 0.257 e. The van der Waals surface area contributed by atoms with Crippen molar-refractivity contribution in [3.8, 4) is 0 Å². The van der Waals surface area contributed by atoms with Gasteiger partial charge in [0, 0.05) is 23.5 Å². The summed E-state index contributed by atoms with van der Waals surface area (Å²) >= 11 is 3.23. The molecule has 0 spiro atoms. The van der Waals surface area contributed by atoms with E-state index in [2.05, 4.69) is 21.2 Å². The van der Waals surface area contributed by atoms with E-state index < -0.39 is 28.9 Å². The van der Waals surface area contributed by atoms with E-state index in [-0.39, 0.29) is 6.04 Å². The molecule has 1 rings (SSSR count). The number of rotatable bonds is 5. The predicted molar refractivity (Wildman–Crippen MR) is 66.3 cm³/mol. The van der Waals surface area contributed by atoms with Crippen LogP contribution < -0.4 is 5.32 Å². The number of halogens is 4. The minimum absolute atomic E-state index is 0.180. The van der Waals surface area contributed by atoms with Crippen LogP contribution in [-0.2, 0) is 0 Å². The van der Waals surface area contributed by atoms with E-state index in [4.69, 9.17) is 0 Å². The fourth-order valence-electron chi connectivity index (χ4n) is 1.53. The molecule has 0 bridgehead atoms. The quantitative estimate of drug-likeness (QED) is 0.827. The molecule has 6 heteroatoms. The number of hydrogen-bond donors (Lipinski definition) is 1. The van der Waals surface area contributed by atoms with Crippen molar-refractivity contribution in [2.75, 3.05) is 5.33 Å². The van der Waals surface area contributed by atoms with Crippen molar-refractivity contribution in [2.45, 2.75) is 25.8 Å². The van der Waals surface area contributed by atoms with Gasteiger partial charge in [-0.1, -0.05) is 22.9 Å². The molecule has 0 aliphatic rings. The molecule has 0 saturated carbocycles. The summed E-state index contributed by atoms with van der Waals surface area (Å²) < 4.78 is 39.4. The first-order valence-corrected chi connectivity index (χ1v) is 6.63. The maximum Gasteiger partial charge on any atom is 0.257 e. The molecule has 1 N–H and O–H groups in total. The fourth-order valence-corrected chi connectivity index (χ4v) is 2.08. The first-order valence-electron chi connectivity index (χ1n) is 5.51. The number of nitrogens with one attached hydrogen (secondary N) is 1. The summed E-state index contributed by atoms with van der Waals surface area (Å²) in [5.74, 6) is -4.30. The molecule has 0 saturated heterocycles. The van der Waals surface area contributed by atoms with Gasteiger partial charge < -0.3 is 5.32 Å². The SMILES string of the molecule is CCC(CCBr)NC(=O)c1c(F)cc(F)cc1F. The van der Waals surface area contributed by atoms with Crippen molar-refractivity contribution in [3.63, 3.8) is 0 Å². The number of alkyl halides is 1. The molecule has 1 aromatic rings. The van der Waals surface area contributed by atoms with Gasteiger partial charge in [-0.15, -0.1) is 0 Å². The zero-order chi connectivity index (χ0) is 13.7. The normalized spacial score (nSPS) is 12.3. The third kappa shape index (κ3) is 3.73. The highest BCUT2D eigenvalue weighted by molar-refractivity contribution is 9.09. The Morgan fingerprint density at radius 3 is 2.33 bits per heavy atom. The van der Waals surface area contributed by atoms with Gasteiger partial charge in [-0.3, -0.25) is 4.79 Å². The number of benzene rings is 1. The maximum atomic E-state index is 13.4. The Hall–Kier alpha value is -1.04.